The Balaban J connectivity index is 0.00000147. The van der Waals surface area contributed by atoms with Gasteiger partial charge < -0.3 is 5.32 Å². The molecule has 2 fully saturated rings. The van der Waals surface area contributed by atoms with E-state index in [2.05, 4.69) is 33.2 Å². The summed E-state index contributed by atoms with van der Waals surface area (Å²) < 4.78 is 14.7. The van der Waals surface area contributed by atoms with Gasteiger partial charge in [-0.3, -0.25) is 4.90 Å². The second-order valence-corrected chi connectivity index (χ2v) is 6.73. The third-order valence-corrected chi connectivity index (χ3v) is 5.28. The first-order valence-electron chi connectivity index (χ1n) is 7.02. The number of piperidine rings is 1. The second kappa shape index (κ2) is 6.73. The number of hydrogen-bond acceptors (Lipinski definition) is 2. The molecule has 2 unspecified atom stereocenters. The lowest BCUT2D eigenvalue weighted by molar-refractivity contribution is 0.164. The summed E-state index contributed by atoms with van der Waals surface area (Å²) in [4.78, 5) is 2.31. The highest BCUT2D eigenvalue weighted by atomic mass is 79.9. The van der Waals surface area contributed by atoms with Crippen LogP contribution in [0.3, 0.4) is 0 Å². The van der Waals surface area contributed by atoms with Gasteiger partial charge in [-0.15, -0.1) is 12.4 Å². The van der Waals surface area contributed by atoms with Gasteiger partial charge in [0.05, 0.1) is 0 Å². The van der Waals surface area contributed by atoms with E-state index in [9.17, 15) is 4.39 Å². The second-order valence-electron chi connectivity index (χ2n) is 5.88. The lowest BCUT2D eigenvalue weighted by Crippen LogP contribution is -2.46. The third kappa shape index (κ3) is 3.35. The monoisotopic (exact) mass is 362 g/mol. The molecule has 1 N–H and O–H groups in total. The summed E-state index contributed by atoms with van der Waals surface area (Å²) in [7, 11) is 2.12. The molecule has 0 amide bonds. The molecule has 112 valence electrons. The number of fused-ring (bicyclic) bond motifs is 2. The first-order chi connectivity index (χ1) is 9.13. The number of rotatable bonds is 3. The van der Waals surface area contributed by atoms with Crippen LogP contribution in [-0.4, -0.2) is 30.1 Å². The average molecular weight is 364 g/mol. The van der Waals surface area contributed by atoms with Crippen molar-refractivity contribution in [2.45, 2.75) is 50.4 Å². The van der Waals surface area contributed by atoms with Gasteiger partial charge in [0.15, 0.2) is 0 Å². The smallest absolute Gasteiger partial charge is 0.128 e. The lowest BCUT2D eigenvalue weighted by Gasteiger charge is -2.35. The molecule has 2 bridgehead atoms. The quantitative estimate of drug-likeness (QED) is 0.880. The standard InChI is InChI=1S/C15H20BrFN2.ClH/c1-19(9-13-14(16)3-2-4-15(13)17)12-7-10-5-6-11(8-12)18-10;/h2-4,10-12,18H,5-9H2,1H3;1H. The summed E-state index contributed by atoms with van der Waals surface area (Å²) in [6, 6.07) is 7.13. The highest BCUT2D eigenvalue weighted by Gasteiger charge is 2.35. The molecule has 2 saturated heterocycles. The fourth-order valence-electron chi connectivity index (χ4n) is 3.45. The summed E-state index contributed by atoms with van der Waals surface area (Å²) in [5.41, 5.74) is 0.774. The minimum absolute atomic E-state index is 0. The van der Waals surface area contributed by atoms with Crippen LogP contribution in [-0.2, 0) is 6.54 Å². The Morgan fingerprint density at radius 1 is 1.30 bits per heavy atom. The lowest BCUT2D eigenvalue weighted by atomic mass is 9.98. The average Bonchev–Trinajstić information content (AvgIpc) is 2.72. The van der Waals surface area contributed by atoms with E-state index in [1.54, 1.807) is 12.1 Å². The molecule has 2 aliphatic heterocycles. The van der Waals surface area contributed by atoms with Crippen molar-refractivity contribution < 1.29 is 4.39 Å². The molecule has 0 aliphatic carbocycles. The molecule has 3 rings (SSSR count). The highest BCUT2D eigenvalue weighted by Crippen LogP contribution is 2.30. The van der Waals surface area contributed by atoms with Crippen molar-refractivity contribution in [1.82, 2.24) is 10.2 Å². The fraction of sp³-hybridized carbons (Fsp3) is 0.600. The van der Waals surface area contributed by atoms with Crippen LogP contribution in [0.2, 0.25) is 0 Å². The molecule has 2 aliphatic rings. The van der Waals surface area contributed by atoms with Crippen LogP contribution >= 0.6 is 28.3 Å². The van der Waals surface area contributed by atoms with Crippen molar-refractivity contribution in [3.05, 3.63) is 34.1 Å². The molecular formula is C15H21BrClFN2. The fourth-order valence-corrected chi connectivity index (χ4v) is 3.92. The number of benzene rings is 1. The molecule has 0 radical (unpaired) electrons. The van der Waals surface area contributed by atoms with Crippen molar-refractivity contribution in [3.63, 3.8) is 0 Å². The molecule has 2 atom stereocenters. The third-order valence-electron chi connectivity index (χ3n) is 4.54. The first kappa shape index (κ1) is 16.2. The van der Waals surface area contributed by atoms with Crippen molar-refractivity contribution >= 4 is 28.3 Å². The number of nitrogens with zero attached hydrogens (tertiary/aromatic N) is 1. The Labute approximate surface area is 134 Å². The molecule has 20 heavy (non-hydrogen) atoms. The van der Waals surface area contributed by atoms with Gasteiger partial charge in [-0.25, -0.2) is 4.39 Å². The van der Waals surface area contributed by atoms with Gasteiger partial charge in [0, 0.05) is 34.7 Å². The Morgan fingerprint density at radius 2 is 1.95 bits per heavy atom. The summed E-state index contributed by atoms with van der Waals surface area (Å²) >= 11 is 3.46. The summed E-state index contributed by atoms with van der Waals surface area (Å²) in [5, 5.41) is 3.65. The van der Waals surface area contributed by atoms with Crippen LogP contribution in [0.25, 0.3) is 0 Å². The summed E-state index contributed by atoms with van der Waals surface area (Å²) in [5.74, 6) is -0.113. The normalized spacial score (nSPS) is 28.5. The van der Waals surface area contributed by atoms with Crippen LogP contribution in [0, 0.1) is 5.82 Å². The van der Waals surface area contributed by atoms with Crippen LogP contribution in [0.4, 0.5) is 4.39 Å². The van der Waals surface area contributed by atoms with Crippen LogP contribution in [0.5, 0.6) is 0 Å². The molecule has 5 heteroatoms. The van der Waals surface area contributed by atoms with E-state index >= 15 is 0 Å². The van der Waals surface area contributed by atoms with Crippen LogP contribution < -0.4 is 5.32 Å². The first-order valence-corrected chi connectivity index (χ1v) is 7.82. The zero-order valence-electron chi connectivity index (χ0n) is 11.6. The van der Waals surface area contributed by atoms with E-state index in [0.29, 0.717) is 24.7 Å². The molecule has 0 aromatic heterocycles. The van der Waals surface area contributed by atoms with Gasteiger partial charge in [-0.1, -0.05) is 22.0 Å². The van der Waals surface area contributed by atoms with E-state index in [1.807, 2.05) is 6.07 Å². The maximum atomic E-state index is 13.9. The van der Waals surface area contributed by atoms with Crippen molar-refractivity contribution in [2.24, 2.45) is 0 Å². The Hall–Kier alpha value is -0.160. The minimum Gasteiger partial charge on any atom is -0.311 e. The zero-order chi connectivity index (χ0) is 13.4. The van der Waals surface area contributed by atoms with Crippen molar-refractivity contribution in [1.29, 1.82) is 0 Å². The number of halogens is 3. The highest BCUT2D eigenvalue weighted by molar-refractivity contribution is 9.10. The van der Waals surface area contributed by atoms with Gasteiger partial charge in [0.2, 0.25) is 0 Å². The van der Waals surface area contributed by atoms with E-state index in [0.717, 1.165) is 10.0 Å². The SMILES string of the molecule is CN(Cc1c(F)cccc1Br)C1CC2CCC(C1)N2.Cl. The summed E-state index contributed by atoms with van der Waals surface area (Å²) in [6.45, 7) is 0.678. The van der Waals surface area contributed by atoms with Crippen molar-refractivity contribution in [2.75, 3.05) is 7.05 Å². The predicted octanol–water partition coefficient (Wildman–Crippen LogP) is 3.72. The van der Waals surface area contributed by atoms with Crippen LogP contribution in [0.15, 0.2) is 22.7 Å². The van der Waals surface area contributed by atoms with E-state index < -0.39 is 0 Å². The van der Waals surface area contributed by atoms with Gasteiger partial charge in [-0.05, 0) is 44.9 Å². The largest absolute Gasteiger partial charge is 0.311 e. The summed E-state index contributed by atoms with van der Waals surface area (Å²) in [6.07, 6.45) is 4.99. The molecule has 1 aromatic rings. The van der Waals surface area contributed by atoms with Gasteiger partial charge in [0.1, 0.15) is 5.82 Å². The molecule has 1 aromatic carbocycles. The Kier molecular flexibility index (Phi) is 5.46. The molecule has 2 nitrogen and oxygen atoms in total. The maximum absolute atomic E-state index is 13.9. The molecule has 0 saturated carbocycles. The number of nitrogens with one attached hydrogen (secondary N) is 1. The van der Waals surface area contributed by atoms with Gasteiger partial charge >= 0.3 is 0 Å². The zero-order valence-corrected chi connectivity index (χ0v) is 14.0. The van der Waals surface area contributed by atoms with Crippen molar-refractivity contribution in [3.8, 4) is 0 Å². The Morgan fingerprint density at radius 3 is 2.55 bits per heavy atom. The van der Waals surface area contributed by atoms with E-state index in [-0.39, 0.29) is 18.2 Å². The van der Waals surface area contributed by atoms with E-state index in [4.69, 9.17) is 0 Å². The van der Waals surface area contributed by atoms with E-state index in [1.165, 1.54) is 25.7 Å². The minimum atomic E-state index is -0.113. The Bertz CT molecular complexity index is 439. The topological polar surface area (TPSA) is 15.3 Å². The predicted molar refractivity (Wildman–Crippen MR) is 85.8 cm³/mol. The molecule has 0 spiro atoms. The van der Waals surface area contributed by atoms with Crippen LogP contribution in [0.1, 0.15) is 31.2 Å². The number of hydrogen-bond donors (Lipinski definition) is 1. The molecular weight excluding hydrogens is 343 g/mol. The van der Waals surface area contributed by atoms with Gasteiger partial charge in [-0.2, -0.15) is 0 Å². The van der Waals surface area contributed by atoms with Gasteiger partial charge in [0.25, 0.3) is 0 Å². The maximum Gasteiger partial charge on any atom is 0.128 e. The molecule has 2 heterocycles.